The van der Waals surface area contributed by atoms with Gasteiger partial charge in [-0.3, -0.25) is 0 Å². The minimum Gasteiger partial charge on any atom is -0.309 e. The summed E-state index contributed by atoms with van der Waals surface area (Å²) in [5.74, 6) is 0.984. The van der Waals surface area contributed by atoms with Crippen LogP contribution in [0.1, 0.15) is 56.7 Å². The van der Waals surface area contributed by atoms with Crippen LogP contribution in [0.15, 0.2) is 12.1 Å². The predicted octanol–water partition coefficient (Wildman–Crippen LogP) is 5.24. The summed E-state index contributed by atoms with van der Waals surface area (Å²) < 4.78 is 0.899. The van der Waals surface area contributed by atoms with Crippen LogP contribution in [0.3, 0.4) is 0 Å². The number of nitrogens with one attached hydrogen (secondary N) is 1. The van der Waals surface area contributed by atoms with E-state index in [4.69, 9.17) is 11.6 Å². The lowest BCUT2D eigenvalue weighted by molar-refractivity contribution is 0.410. The van der Waals surface area contributed by atoms with Crippen LogP contribution in [0, 0.1) is 5.92 Å². The summed E-state index contributed by atoms with van der Waals surface area (Å²) >= 11 is 7.65. The molecule has 102 valence electrons. The van der Waals surface area contributed by atoms with Gasteiger partial charge in [-0.1, -0.05) is 44.2 Å². The van der Waals surface area contributed by atoms with E-state index in [0.717, 1.165) is 16.8 Å². The summed E-state index contributed by atoms with van der Waals surface area (Å²) in [6, 6.07) is 4.84. The molecule has 0 saturated heterocycles. The summed E-state index contributed by atoms with van der Waals surface area (Å²) in [6.45, 7) is 3.29. The molecule has 1 fully saturated rings. The monoisotopic (exact) mass is 285 g/mol. The fraction of sp³-hybridized carbons (Fsp3) is 0.733. The second-order valence-corrected chi connectivity index (χ2v) is 7.25. The quantitative estimate of drug-likeness (QED) is 0.730. The molecule has 1 aromatic heterocycles. The van der Waals surface area contributed by atoms with Crippen molar-refractivity contribution in [1.82, 2.24) is 5.32 Å². The Kier molecular flexibility index (Phi) is 6.00. The molecule has 2 rings (SSSR count). The SMILES string of the molecule is CCCC1CCCC(NCc2ccc(Cl)s2)CC1. The molecular weight excluding hydrogens is 262 g/mol. The highest BCUT2D eigenvalue weighted by Gasteiger charge is 2.17. The van der Waals surface area contributed by atoms with Gasteiger partial charge < -0.3 is 5.32 Å². The highest BCUT2D eigenvalue weighted by atomic mass is 35.5. The molecule has 2 unspecified atom stereocenters. The van der Waals surface area contributed by atoms with Crippen molar-refractivity contribution >= 4 is 22.9 Å². The zero-order valence-electron chi connectivity index (χ0n) is 11.3. The van der Waals surface area contributed by atoms with Gasteiger partial charge in [-0.25, -0.2) is 0 Å². The maximum Gasteiger partial charge on any atom is 0.0931 e. The van der Waals surface area contributed by atoms with Crippen LogP contribution in [-0.2, 0) is 6.54 Å². The van der Waals surface area contributed by atoms with Crippen LogP contribution in [-0.4, -0.2) is 6.04 Å². The van der Waals surface area contributed by atoms with Crippen molar-refractivity contribution in [2.24, 2.45) is 5.92 Å². The van der Waals surface area contributed by atoms with Gasteiger partial charge >= 0.3 is 0 Å². The van der Waals surface area contributed by atoms with E-state index >= 15 is 0 Å². The molecule has 1 N–H and O–H groups in total. The molecule has 3 heteroatoms. The number of halogens is 1. The van der Waals surface area contributed by atoms with Crippen LogP contribution in [0.5, 0.6) is 0 Å². The van der Waals surface area contributed by atoms with Gasteiger partial charge in [0.05, 0.1) is 4.34 Å². The second-order valence-electron chi connectivity index (χ2n) is 5.45. The zero-order valence-corrected chi connectivity index (χ0v) is 12.8. The fourth-order valence-electron chi connectivity index (χ4n) is 2.97. The van der Waals surface area contributed by atoms with Gasteiger partial charge in [0.1, 0.15) is 0 Å². The Labute approximate surface area is 120 Å². The van der Waals surface area contributed by atoms with Gasteiger partial charge in [0.15, 0.2) is 0 Å². The third kappa shape index (κ3) is 4.56. The third-order valence-electron chi connectivity index (χ3n) is 3.98. The number of hydrogen-bond donors (Lipinski definition) is 1. The highest BCUT2D eigenvalue weighted by molar-refractivity contribution is 7.16. The van der Waals surface area contributed by atoms with Gasteiger partial charge in [0.25, 0.3) is 0 Å². The molecule has 18 heavy (non-hydrogen) atoms. The highest BCUT2D eigenvalue weighted by Crippen LogP contribution is 2.27. The predicted molar refractivity (Wildman–Crippen MR) is 81.4 cm³/mol. The summed E-state index contributed by atoms with van der Waals surface area (Å²) in [4.78, 5) is 1.36. The number of rotatable bonds is 5. The van der Waals surface area contributed by atoms with E-state index in [2.05, 4.69) is 18.3 Å². The number of hydrogen-bond acceptors (Lipinski definition) is 2. The smallest absolute Gasteiger partial charge is 0.0931 e. The normalized spacial score (nSPS) is 25.0. The summed E-state index contributed by atoms with van der Waals surface area (Å²) in [5, 5.41) is 3.71. The third-order valence-corrected chi connectivity index (χ3v) is 5.21. The Morgan fingerprint density at radius 1 is 1.28 bits per heavy atom. The second kappa shape index (κ2) is 7.52. The molecule has 0 bridgehead atoms. The molecule has 1 heterocycles. The first kappa shape index (κ1) is 14.4. The van der Waals surface area contributed by atoms with Crippen molar-refractivity contribution in [1.29, 1.82) is 0 Å². The van der Waals surface area contributed by atoms with Gasteiger partial charge in [-0.2, -0.15) is 0 Å². The lowest BCUT2D eigenvalue weighted by Crippen LogP contribution is -2.27. The van der Waals surface area contributed by atoms with Crippen molar-refractivity contribution in [3.05, 3.63) is 21.3 Å². The van der Waals surface area contributed by atoms with Crippen molar-refractivity contribution < 1.29 is 0 Å². The van der Waals surface area contributed by atoms with Gasteiger partial charge in [-0.15, -0.1) is 11.3 Å². The van der Waals surface area contributed by atoms with Gasteiger partial charge in [0, 0.05) is 17.5 Å². The molecule has 0 amide bonds. The zero-order chi connectivity index (χ0) is 12.8. The first-order valence-electron chi connectivity index (χ1n) is 7.25. The summed E-state index contributed by atoms with van der Waals surface area (Å²) in [5.41, 5.74) is 0. The van der Waals surface area contributed by atoms with Gasteiger partial charge in [0.2, 0.25) is 0 Å². The Balaban J connectivity index is 1.73. The van der Waals surface area contributed by atoms with Crippen LogP contribution in [0.25, 0.3) is 0 Å². The Hall–Kier alpha value is -0.0500. The Bertz CT molecular complexity index is 350. The molecule has 0 aliphatic heterocycles. The standard InChI is InChI=1S/C15H24ClNS/c1-2-4-12-5-3-6-13(8-7-12)17-11-14-9-10-15(16)18-14/h9-10,12-13,17H,2-8,11H2,1H3. The molecule has 1 aliphatic rings. The van der Waals surface area contributed by atoms with E-state index in [0.29, 0.717) is 6.04 Å². The Morgan fingerprint density at radius 2 is 2.17 bits per heavy atom. The summed E-state index contributed by atoms with van der Waals surface area (Å²) in [6.07, 6.45) is 9.72. The molecule has 1 aromatic rings. The summed E-state index contributed by atoms with van der Waals surface area (Å²) in [7, 11) is 0. The average Bonchev–Trinajstić information content (AvgIpc) is 2.64. The van der Waals surface area contributed by atoms with E-state index in [1.54, 1.807) is 11.3 Å². The van der Waals surface area contributed by atoms with E-state index < -0.39 is 0 Å². The molecular formula is C15H24ClNS. The first-order valence-corrected chi connectivity index (χ1v) is 8.45. The van der Waals surface area contributed by atoms with Crippen LogP contribution >= 0.6 is 22.9 Å². The first-order chi connectivity index (χ1) is 8.78. The molecule has 1 saturated carbocycles. The van der Waals surface area contributed by atoms with E-state index in [1.165, 1.54) is 49.8 Å². The largest absolute Gasteiger partial charge is 0.309 e. The van der Waals surface area contributed by atoms with Crippen molar-refractivity contribution in [2.45, 2.75) is 64.5 Å². The minimum absolute atomic E-state index is 0.715. The number of thiophene rings is 1. The molecule has 1 nitrogen and oxygen atoms in total. The molecule has 0 aromatic carbocycles. The van der Waals surface area contributed by atoms with Crippen LogP contribution < -0.4 is 5.32 Å². The minimum atomic E-state index is 0.715. The van der Waals surface area contributed by atoms with Crippen molar-refractivity contribution in [2.75, 3.05) is 0 Å². The molecule has 0 radical (unpaired) electrons. The Morgan fingerprint density at radius 3 is 2.89 bits per heavy atom. The maximum absolute atomic E-state index is 5.95. The van der Waals surface area contributed by atoms with Crippen LogP contribution in [0.4, 0.5) is 0 Å². The van der Waals surface area contributed by atoms with Gasteiger partial charge in [-0.05, 0) is 37.3 Å². The molecule has 0 spiro atoms. The van der Waals surface area contributed by atoms with E-state index in [-0.39, 0.29) is 0 Å². The topological polar surface area (TPSA) is 12.0 Å². The molecule has 1 aliphatic carbocycles. The van der Waals surface area contributed by atoms with E-state index in [9.17, 15) is 0 Å². The maximum atomic E-state index is 5.95. The average molecular weight is 286 g/mol. The van der Waals surface area contributed by atoms with Crippen molar-refractivity contribution in [3.8, 4) is 0 Å². The fourth-order valence-corrected chi connectivity index (χ4v) is 4.01. The van der Waals surface area contributed by atoms with Crippen molar-refractivity contribution in [3.63, 3.8) is 0 Å². The lowest BCUT2D eigenvalue weighted by atomic mass is 9.95. The molecule has 2 atom stereocenters. The van der Waals surface area contributed by atoms with Crippen LogP contribution in [0.2, 0.25) is 4.34 Å². The lowest BCUT2D eigenvalue weighted by Gasteiger charge is -2.16. The van der Waals surface area contributed by atoms with E-state index in [1.807, 2.05) is 6.07 Å².